The van der Waals surface area contributed by atoms with E-state index in [1.54, 1.807) is 18.6 Å². The van der Waals surface area contributed by atoms with Crippen LogP contribution in [0.25, 0.3) is 0 Å². The van der Waals surface area contributed by atoms with E-state index in [9.17, 15) is 9.90 Å². The molecule has 1 heterocycles. The van der Waals surface area contributed by atoms with Crippen LogP contribution in [0.2, 0.25) is 0 Å². The first-order chi connectivity index (χ1) is 7.63. The van der Waals surface area contributed by atoms with E-state index in [0.717, 1.165) is 19.3 Å². The molecule has 1 saturated carbocycles. The number of ether oxygens (including phenoxy) is 1. The van der Waals surface area contributed by atoms with Gasteiger partial charge in [0.15, 0.2) is 0 Å². The van der Waals surface area contributed by atoms with Crippen LogP contribution < -0.4 is 10.1 Å². The molecular weight excluding hydrogens is 226 g/mol. The highest BCUT2D eigenvalue weighted by molar-refractivity contribution is 7.12. The third kappa shape index (κ3) is 2.36. The Morgan fingerprint density at radius 3 is 2.94 bits per heavy atom. The van der Waals surface area contributed by atoms with Gasteiger partial charge in [-0.3, -0.25) is 4.79 Å². The largest absolute Gasteiger partial charge is 0.496 e. The molecular formula is C11H15NO3S. The van der Waals surface area contributed by atoms with Gasteiger partial charge < -0.3 is 15.2 Å². The van der Waals surface area contributed by atoms with Crippen molar-refractivity contribution in [2.75, 3.05) is 13.7 Å². The average molecular weight is 241 g/mol. The van der Waals surface area contributed by atoms with Gasteiger partial charge in [-0.2, -0.15) is 0 Å². The number of methoxy groups -OCH3 is 1. The molecule has 2 rings (SSSR count). The van der Waals surface area contributed by atoms with Gasteiger partial charge >= 0.3 is 0 Å². The summed E-state index contributed by atoms with van der Waals surface area (Å²) in [7, 11) is 1.57. The normalized spacial score (nSPS) is 17.6. The number of rotatable bonds is 4. The van der Waals surface area contributed by atoms with Gasteiger partial charge in [-0.25, -0.2) is 0 Å². The lowest BCUT2D eigenvalue weighted by Crippen LogP contribution is -2.47. The molecule has 1 amide bonds. The molecule has 1 fully saturated rings. The first kappa shape index (κ1) is 11.4. The third-order valence-electron chi connectivity index (χ3n) is 2.90. The monoisotopic (exact) mass is 241 g/mol. The lowest BCUT2D eigenvalue weighted by molar-refractivity contribution is -0.0300. The molecule has 0 aromatic carbocycles. The minimum absolute atomic E-state index is 0.145. The van der Waals surface area contributed by atoms with E-state index >= 15 is 0 Å². The molecule has 1 aromatic heterocycles. The van der Waals surface area contributed by atoms with Gasteiger partial charge in [0.2, 0.25) is 0 Å². The number of carbonyl (C=O) groups excluding carboxylic acids is 1. The number of aliphatic hydroxyl groups is 1. The lowest BCUT2D eigenvalue weighted by Gasteiger charge is -2.36. The fourth-order valence-corrected chi connectivity index (χ4v) is 2.41. The fourth-order valence-electron chi connectivity index (χ4n) is 1.64. The molecule has 0 spiro atoms. The van der Waals surface area contributed by atoms with E-state index in [0.29, 0.717) is 17.2 Å². The highest BCUT2D eigenvalue weighted by Crippen LogP contribution is 2.30. The lowest BCUT2D eigenvalue weighted by atomic mass is 9.80. The van der Waals surface area contributed by atoms with Crippen molar-refractivity contribution >= 4 is 17.2 Å². The van der Waals surface area contributed by atoms with Crippen molar-refractivity contribution < 1.29 is 14.6 Å². The minimum Gasteiger partial charge on any atom is -0.496 e. The van der Waals surface area contributed by atoms with E-state index < -0.39 is 5.60 Å². The van der Waals surface area contributed by atoms with Gasteiger partial charge in [-0.15, -0.1) is 11.3 Å². The van der Waals surface area contributed by atoms with Gasteiger partial charge in [0.25, 0.3) is 5.91 Å². The second-order valence-electron chi connectivity index (χ2n) is 4.11. The van der Waals surface area contributed by atoms with E-state index in [1.165, 1.54) is 11.3 Å². The number of amides is 1. The SMILES string of the molecule is COc1csc(C(=O)NCC2(O)CCC2)c1. The van der Waals surface area contributed by atoms with E-state index in [2.05, 4.69) is 5.32 Å². The maximum absolute atomic E-state index is 11.7. The van der Waals surface area contributed by atoms with Crippen LogP contribution in [0.4, 0.5) is 0 Å². The van der Waals surface area contributed by atoms with Gasteiger partial charge in [0.05, 0.1) is 17.6 Å². The summed E-state index contributed by atoms with van der Waals surface area (Å²) in [6, 6.07) is 1.70. The summed E-state index contributed by atoms with van der Waals surface area (Å²) < 4.78 is 5.00. The first-order valence-electron chi connectivity index (χ1n) is 5.26. The molecule has 4 nitrogen and oxygen atoms in total. The Hall–Kier alpha value is -1.07. The Bertz CT molecular complexity index is 384. The summed E-state index contributed by atoms with van der Waals surface area (Å²) in [6.45, 7) is 0.339. The maximum Gasteiger partial charge on any atom is 0.261 e. The third-order valence-corrected chi connectivity index (χ3v) is 3.80. The Labute approximate surface area is 98.2 Å². The van der Waals surface area contributed by atoms with Crippen LogP contribution in [0.15, 0.2) is 11.4 Å². The average Bonchev–Trinajstić information content (AvgIpc) is 2.71. The van der Waals surface area contributed by atoms with Crippen molar-refractivity contribution in [2.45, 2.75) is 24.9 Å². The van der Waals surface area contributed by atoms with Crippen molar-refractivity contribution in [3.63, 3.8) is 0 Å². The predicted molar refractivity (Wildman–Crippen MR) is 62.0 cm³/mol. The van der Waals surface area contributed by atoms with Gasteiger partial charge in [-0.05, 0) is 19.3 Å². The first-order valence-corrected chi connectivity index (χ1v) is 6.14. The molecule has 0 saturated heterocycles. The second kappa shape index (κ2) is 4.43. The Morgan fingerprint density at radius 1 is 1.69 bits per heavy atom. The number of carbonyl (C=O) groups is 1. The van der Waals surface area contributed by atoms with Crippen LogP contribution in [0.1, 0.15) is 28.9 Å². The predicted octanol–water partition coefficient (Wildman–Crippen LogP) is 1.40. The molecule has 16 heavy (non-hydrogen) atoms. The number of nitrogens with one attached hydrogen (secondary N) is 1. The number of thiophene rings is 1. The van der Waals surface area contributed by atoms with Crippen molar-refractivity contribution in [1.82, 2.24) is 5.32 Å². The standard InChI is InChI=1S/C11H15NO3S/c1-15-8-5-9(16-6-8)10(13)12-7-11(14)3-2-4-11/h5-6,14H,2-4,7H2,1H3,(H,12,13). The minimum atomic E-state index is -0.670. The van der Waals surface area contributed by atoms with Crippen LogP contribution in [-0.2, 0) is 0 Å². The van der Waals surface area contributed by atoms with Gasteiger partial charge in [0.1, 0.15) is 5.75 Å². The summed E-state index contributed by atoms with van der Waals surface area (Å²) in [4.78, 5) is 12.3. The summed E-state index contributed by atoms with van der Waals surface area (Å²) in [6.07, 6.45) is 2.60. The Balaban J connectivity index is 1.87. The van der Waals surface area contributed by atoms with Crippen LogP contribution in [0, 0.1) is 0 Å². The smallest absolute Gasteiger partial charge is 0.261 e. The zero-order chi connectivity index (χ0) is 11.6. The van der Waals surface area contributed by atoms with Crippen molar-refractivity contribution in [2.24, 2.45) is 0 Å². The molecule has 88 valence electrons. The zero-order valence-electron chi connectivity index (χ0n) is 9.16. The topological polar surface area (TPSA) is 58.6 Å². The van der Waals surface area contributed by atoms with Crippen LogP contribution in [0.3, 0.4) is 0 Å². The maximum atomic E-state index is 11.7. The highest BCUT2D eigenvalue weighted by Gasteiger charge is 2.34. The fraction of sp³-hybridized carbons (Fsp3) is 0.545. The van der Waals surface area contributed by atoms with E-state index in [-0.39, 0.29) is 5.91 Å². The molecule has 2 N–H and O–H groups in total. The summed E-state index contributed by atoms with van der Waals surface area (Å²) in [5.74, 6) is 0.547. The zero-order valence-corrected chi connectivity index (χ0v) is 9.97. The summed E-state index contributed by atoms with van der Waals surface area (Å²) in [5.41, 5.74) is -0.670. The Kier molecular flexibility index (Phi) is 3.16. The van der Waals surface area contributed by atoms with Crippen LogP contribution >= 0.6 is 11.3 Å². The molecule has 5 heteroatoms. The van der Waals surface area contributed by atoms with Crippen molar-refractivity contribution in [3.05, 3.63) is 16.3 Å². The quantitative estimate of drug-likeness (QED) is 0.837. The summed E-state index contributed by atoms with van der Waals surface area (Å²) in [5, 5.41) is 14.4. The molecule has 0 radical (unpaired) electrons. The van der Waals surface area contributed by atoms with Gasteiger partial charge in [0, 0.05) is 18.0 Å². The van der Waals surface area contributed by atoms with Crippen LogP contribution in [0.5, 0.6) is 5.75 Å². The molecule has 0 aliphatic heterocycles. The van der Waals surface area contributed by atoms with E-state index in [1.807, 2.05) is 0 Å². The molecule has 0 unspecified atom stereocenters. The van der Waals surface area contributed by atoms with Crippen LogP contribution in [-0.4, -0.2) is 30.3 Å². The highest BCUT2D eigenvalue weighted by atomic mass is 32.1. The van der Waals surface area contributed by atoms with Gasteiger partial charge in [-0.1, -0.05) is 0 Å². The molecule has 0 bridgehead atoms. The number of hydrogen-bond acceptors (Lipinski definition) is 4. The summed E-state index contributed by atoms with van der Waals surface area (Å²) >= 11 is 1.34. The molecule has 1 aliphatic rings. The van der Waals surface area contributed by atoms with Crippen molar-refractivity contribution in [1.29, 1.82) is 0 Å². The number of hydrogen-bond donors (Lipinski definition) is 2. The van der Waals surface area contributed by atoms with Crippen molar-refractivity contribution in [3.8, 4) is 5.75 Å². The molecule has 0 atom stereocenters. The Morgan fingerprint density at radius 2 is 2.44 bits per heavy atom. The second-order valence-corrected chi connectivity index (χ2v) is 5.02. The van der Waals surface area contributed by atoms with E-state index in [4.69, 9.17) is 4.74 Å². The molecule has 1 aliphatic carbocycles. The molecule has 1 aromatic rings.